The second-order valence-corrected chi connectivity index (χ2v) is 4.78. The number of nitrogens with one attached hydrogen (secondary N) is 1. The molecule has 1 amide bonds. The van der Waals surface area contributed by atoms with Crippen molar-refractivity contribution >= 4 is 18.3 Å². The highest BCUT2D eigenvalue weighted by Gasteiger charge is 2.25. The fourth-order valence-electron chi connectivity index (χ4n) is 2.23. The molecule has 1 aliphatic heterocycles. The van der Waals surface area contributed by atoms with Crippen LogP contribution in [0.1, 0.15) is 12.0 Å². The van der Waals surface area contributed by atoms with Gasteiger partial charge in [0.25, 0.3) is 0 Å². The van der Waals surface area contributed by atoms with E-state index >= 15 is 0 Å². The van der Waals surface area contributed by atoms with Gasteiger partial charge in [0.1, 0.15) is 11.5 Å². The molecule has 112 valence electrons. The summed E-state index contributed by atoms with van der Waals surface area (Å²) in [6.07, 6.45) is 0.567. The minimum Gasteiger partial charge on any atom is -0.497 e. The van der Waals surface area contributed by atoms with Gasteiger partial charge in [-0.3, -0.25) is 4.79 Å². The zero-order valence-corrected chi connectivity index (χ0v) is 12.8. The van der Waals surface area contributed by atoms with Crippen LogP contribution < -0.4 is 14.8 Å². The summed E-state index contributed by atoms with van der Waals surface area (Å²) in [6.45, 7) is 1.46. The van der Waals surface area contributed by atoms with E-state index in [2.05, 4.69) is 5.32 Å². The summed E-state index contributed by atoms with van der Waals surface area (Å²) in [5, 5.41) is 3.39. The standard InChI is InChI=1S/C14H20N2O3.ClH/c1-16-9-11(6-14(16)17)15-8-10-4-12(18-2)7-13(5-10)19-3;/h4-5,7,11,15H,6,8-9H2,1-3H3;1H. The number of likely N-dealkylation sites (N-methyl/N-ethyl adjacent to an activating group) is 1. The Morgan fingerprint density at radius 1 is 1.25 bits per heavy atom. The monoisotopic (exact) mass is 300 g/mol. The van der Waals surface area contributed by atoms with Crippen molar-refractivity contribution in [3.8, 4) is 11.5 Å². The number of methoxy groups -OCH3 is 2. The Bertz CT molecular complexity index is 445. The number of rotatable bonds is 5. The van der Waals surface area contributed by atoms with Gasteiger partial charge in [-0.2, -0.15) is 0 Å². The maximum Gasteiger partial charge on any atom is 0.224 e. The molecule has 0 aromatic heterocycles. The number of hydrogen-bond donors (Lipinski definition) is 1. The van der Waals surface area contributed by atoms with Crippen LogP contribution in [0.15, 0.2) is 18.2 Å². The van der Waals surface area contributed by atoms with Crippen molar-refractivity contribution in [2.24, 2.45) is 0 Å². The largest absolute Gasteiger partial charge is 0.497 e. The molecule has 1 aliphatic rings. The first kappa shape index (κ1) is 16.6. The van der Waals surface area contributed by atoms with E-state index in [1.165, 1.54) is 0 Å². The first-order valence-electron chi connectivity index (χ1n) is 6.31. The average molecular weight is 301 g/mol. The Labute approximate surface area is 125 Å². The SMILES string of the molecule is COc1cc(CNC2CC(=O)N(C)C2)cc(OC)c1.Cl. The Balaban J connectivity index is 0.00000200. The van der Waals surface area contributed by atoms with Crippen molar-refractivity contribution in [1.82, 2.24) is 10.2 Å². The third-order valence-corrected chi connectivity index (χ3v) is 3.35. The number of benzene rings is 1. The smallest absolute Gasteiger partial charge is 0.224 e. The molecular formula is C14H21ClN2O3. The van der Waals surface area contributed by atoms with Crippen LogP contribution in [0.5, 0.6) is 11.5 Å². The Hall–Kier alpha value is -1.46. The maximum atomic E-state index is 11.4. The van der Waals surface area contributed by atoms with Crippen LogP contribution in [-0.4, -0.2) is 44.7 Å². The number of hydrogen-bond acceptors (Lipinski definition) is 4. The Morgan fingerprint density at radius 2 is 1.85 bits per heavy atom. The van der Waals surface area contributed by atoms with Crippen molar-refractivity contribution in [1.29, 1.82) is 0 Å². The van der Waals surface area contributed by atoms with E-state index in [1.807, 2.05) is 25.2 Å². The van der Waals surface area contributed by atoms with Gasteiger partial charge in [-0.05, 0) is 17.7 Å². The second kappa shape index (κ2) is 7.36. The molecule has 1 aromatic carbocycles. The van der Waals surface area contributed by atoms with E-state index in [4.69, 9.17) is 9.47 Å². The third kappa shape index (κ3) is 4.02. The topological polar surface area (TPSA) is 50.8 Å². The highest BCUT2D eigenvalue weighted by atomic mass is 35.5. The summed E-state index contributed by atoms with van der Waals surface area (Å²) in [5.41, 5.74) is 1.08. The van der Waals surface area contributed by atoms with Crippen molar-refractivity contribution in [3.05, 3.63) is 23.8 Å². The molecule has 0 aliphatic carbocycles. The summed E-state index contributed by atoms with van der Waals surface area (Å²) in [7, 11) is 5.10. The minimum absolute atomic E-state index is 0. The fraction of sp³-hybridized carbons (Fsp3) is 0.500. The molecule has 0 radical (unpaired) electrons. The first-order chi connectivity index (χ1) is 9.12. The molecule has 20 heavy (non-hydrogen) atoms. The van der Waals surface area contributed by atoms with E-state index in [0.717, 1.165) is 23.6 Å². The Morgan fingerprint density at radius 3 is 2.30 bits per heavy atom. The van der Waals surface area contributed by atoms with Gasteiger partial charge in [0.05, 0.1) is 14.2 Å². The number of likely N-dealkylation sites (tertiary alicyclic amines) is 1. The molecular weight excluding hydrogens is 280 g/mol. The lowest BCUT2D eigenvalue weighted by Crippen LogP contribution is -2.31. The lowest BCUT2D eigenvalue weighted by Gasteiger charge is -2.13. The van der Waals surface area contributed by atoms with Gasteiger partial charge >= 0.3 is 0 Å². The number of carbonyl (C=O) groups is 1. The Kier molecular flexibility index (Phi) is 6.10. The lowest BCUT2D eigenvalue weighted by molar-refractivity contribution is -0.126. The van der Waals surface area contributed by atoms with Gasteiger partial charge in [0.2, 0.25) is 5.91 Å². The third-order valence-electron chi connectivity index (χ3n) is 3.35. The van der Waals surface area contributed by atoms with Crippen LogP contribution >= 0.6 is 12.4 Å². The number of nitrogens with zero attached hydrogens (tertiary/aromatic N) is 1. The summed E-state index contributed by atoms with van der Waals surface area (Å²) < 4.78 is 10.5. The van der Waals surface area contributed by atoms with Gasteiger partial charge < -0.3 is 19.7 Å². The average Bonchev–Trinajstić information content (AvgIpc) is 2.75. The summed E-state index contributed by atoms with van der Waals surface area (Å²) in [4.78, 5) is 13.2. The van der Waals surface area contributed by atoms with E-state index in [0.29, 0.717) is 13.0 Å². The molecule has 1 heterocycles. The predicted molar refractivity (Wildman–Crippen MR) is 79.7 cm³/mol. The van der Waals surface area contributed by atoms with Crippen molar-refractivity contribution in [2.75, 3.05) is 27.8 Å². The van der Waals surface area contributed by atoms with Crippen LogP contribution in [0.3, 0.4) is 0 Å². The normalized spacial score (nSPS) is 17.9. The number of ether oxygens (including phenoxy) is 2. The van der Waals surface area contributed by atoms with Gasteiger partial charge in [-0.25, -0.2) is 0 Å². The molecule has 6 heteroatoms. The summed E-state index contributed by atoms with van der Waals surface area (Å²) in [5.74, 6) is 1.74. The molecule has 2 rings (SSSR count). The molecule has 0 bridgehead atoms. The molecule has 1 fully saturated rings. The van der Waals surface area contributed by atoms with Crippen LogP contribution in [0.4, 0.5) is 0 Å². The molecule has 1 saturated heterocycles. The molecule has 0 saturated carbocycles. The van der Waals surface area contributed by atoms with Crippen LogP contribution in [0.2, 0.25) is 0 Å². The van der Waals surface area contributed by atoms with E-state index < -0.39 is 0 Å². The zero-order valence-electron chi connectivity index (χ0n) is 12.0. The van der Waals surface area contributed by atoms with Crippen LogP contribution in [-0.2, 0) is 11.3 Å². The second-order valence-electron chi connectivity index (χ2n) is 4.78. The predicted octanol–water partition coefficient (Wildman–Crippen LogP) is 1.45. The molecule has 1 unspecified atom stereocenters. The molecule has 1 aromatic rings. The molecule has 1 atom stereocenters. The highest BCUT2D eigenvalue weighted by Crippen LogP contribution is 2.22. The molecule has 5 nitrogen and oxygen atoms in total. The van der Waals surface area contributed by atoms with Crippen molar-refractivity contribution in [2.45, 2.75) is 19.0 Å². The zero-order chi connectivity index (χ0) is 13.8. The highest BCUT2D eigenvalue weighted by molar-refractivity contribution is 5.85. The molecule has 0 spiro atoms. The van der Waals surface area contributed by atoms with Gasteiger partial charge in [-0.15, -0.1) is 12.4 Å². The van der Waals surface area contributed by atoms with Gasteiger partial charge in [0.15, 0.2) is 0 Å². The van der Waals surface area contributed by atoms with Crippen molar-refractivity contribution < 1.29 is 14.3 Å². The maximum absolute atomic E-state index is 11.4. The van der Waals surface area contributed by atoms with Crippen molar-refractivity contribution in [3.63, 3.8) is 0 Å². The van der Waals surface area contributed by atoms with Gasteiger partial charge in [0, 0.05) is 38.7 Å². The quantitative estimate of drug-likeness (QED) is 0.894. The number of amides is 1. The molecule has 1 N–H and O–H groups in total. The first-order valence-corrected chi connectivity index (χ1v) is 6.31. The van der Waals surface area contributed by atoms with E-state index in [-0.39, 0.29) is 24.4 Å². The van der Waals surface area contributed by atoms with Gasteiger partial charge in [-0.1, -0.05) is 0 Å². The summed E-state index contributed by atoms with van der Waals surface area (Å²) >= 11 is 0. The number of carbonyl (C=O) groups excluding carboxylic acids is 1. The summed E-state index contributed by atoms with van der Waals surface area (Å²) in [6, 6.07) is 6.00. The minimum atomic E-state index is 0. The number of halogens is 1. The fourth-order valence-corrected chi connectivity index (χ4v) is 2.23. The lowest BCUT2D eigenvalue weighted by atomic mass is 10.1. The van der Waals surface area contributed by atoms with E-state index in [9.17, 15) is 4.79 Å². The van der Waals surface area contributed by atoms with Crippen LogP contribution in [0.25, 0.3) is 0 Å². The van der Waals surface area contributed by atoms with Crippen LogP contribution in [0, 0.1) is 0 Å². The van der Waals surface area contributed by atoms with E-state index in [1.54, 1.807) is 19.1 Å².